The first-order chi connectivity index (χ1) is 11.6. The predicted octanol–water partition coefficient (Wildman–Crippen LogP) is 4.68. The van der Waals surface area contributed by atoms with Crippen molar-refractivity contribution in [1.29, 1.82) is 0 Å². The van der Waals surface area contributed by atoms with Gasteiger partial charge in [0.25, 0.3) is 0 Å². The van der Waals surface area contributed by atoms with Crippen molar-refractivity contribution < 1.29 is 9.53 Å². The van der Waals surface area contributed by atoms with Gasteiger partial charge in [0.2, 0.25) is 0 Å². The number of halogens is 1. The summed E-state index contributed by atoms with van der Waals surface area (Å²) in [6.45, 7) is 3.97. The Bertz CT molecular complexity index is 855. The second kappa shape index (κ2) is 6.89. The summed E-state index contributed by atoms with van der Waals surface area (Å²) in [4.78, 5) is 12.5. The molecule has 5 heteroatoms. The third kappa shape index (κ3) is 3.05. The maximum absolute atomic E-state index is 12.5. The molecule has 24 heavy (non-hydrogen) atoms. The zero-order chi connectivity index (χ0) is 17.1. The van der Waals surface area contributed by atoms with Gasteiger partial charge in [0.05, 0.1) is 18.0 Å². The molecular weight excluding hydrogens is 324 g/mol. The van der Waals surface area contributed by atoms with Gasteiger partial charge in [0.1, 0.15) is 11.3 Å². The summed E-state index contributed by atoms with van der Waals surface area (Å²) in [6, 6.07) is 17.0. The average Bonchev–Trinajstić information content (AvgIpc) is 2.94. The van der Waals surface area contributed by atoms with E-state index in [-0.39, 0.29) is 5.97 Å². The van der Waals surface area contributed by atoms with Crippen molar-refractivity contribution in [2.45, 2.75) is 13.8 Å². The number of hydrogen-bond acceptors (Lipinski definition) is 3. The zero-order valence-electron chi connectivity index (χ0n) is 13.5. The summed E-state index contributed by atoms with van der Waals surface area (Å²) in [5.41, 5.74) is 3.51. The summed E-state index contributed by atoms with van der Waals surface area (Å²) in [5.74, 6) is -0.373. The van der Waals surface area contributed by atoms with Gasteiger partial charge in [0.15, 0.2) is 0 Å². The number of nitrogens with zero attached hydrogens (tertiary/aromatic N) is 2. The predicted molar refractivity (Wildman–Crippen MR) is 94.7 cm³/mol. The number of rotatable bonds is 4. The van der Waals surface area contributed by atoms with Crippen LogP contribution in [0.5, 0.6) is 0 Å². The van der Waals surface area contributed by atoms with Gasteiger partial charge in [-0.2, -0.15) is 5.10 Å². The third-order valence-electron chi connectivity index (χ3n) is 3.71. The van der Waals surface area contributed by atoms with Gasteiger partial charge >= 0.3 is 5.97 Å². The molecule has 1 heterocycles. The first kappa shape index (κ1) is 16.3. The van der Waals surface area contributed by atoms with Crippen molar-refractivity contribution in [3.63, 3.8) is 0 Å². The third-order valence-corrected chi connectivity index (χ3v) is 3.97. The van der Waals surface area contributed by atoms with Crippen LogP contribution in [0.4, 0.5) is 0 Å². The molecule has 0 saturated heterocycles. The van der Waals surface area contributed by atoms with E-state index in [1.807, 2.05) is 49.4 Å². The van der Waals surface area contributed by atoms with E-state index in [2.05, 4.69) is 5.10 Å². The molecule has 0 radical (unpaired) electrons. The molecule has 122 valence electrons. The fourth-order valence-electron chi connectivity index (χ4n) is 2.58. The molecule has 1 aromatic heterocycles. The Morgan fingerprint density at radius 1 is 1.12 bits per heavy atom. The summed E-state index contributed by atoms with van der Waals surface area (Å²) in [5, 5.41) is 5.29. The first-order valence-corrected chi connectivity index (χ1v) is 8.07. The van der Waals surface area contributed by atoms with Gasteiger partial charge in [-0.25, -0.2) is 9.48 Å². The van der Waals surface area contributed by atoms with E-state index in [4.69, 9.17) is 16.3 Å². The van der Waals surface area contributed by atoms with E-state index >= 15 is 0 Å². The number of para-hydroxylation sites is 1. The second-order valence-corrected chi connectivity index (χ2v) is 5.72. The number of esters is 1. The van der Waals surface area contributed by atoms with Crippen LogP contribution in [0.3, 0.4) is 0 Å². The number of hydrogen-bond donors (Lipinski definition) is 0. The minimum Gasteiger partial charge on any atom is -0.462 e. The number of carbonyl (C=O) groups is 1. The fraction of sp³-hybridized carbons (Fsp3) is 0.158. The van der Waals surface area contributed by atoms with Crippen LogP contribution in [0.1, 0.15) is 23.0 Å². The van der Waals surface area contributed by atoms with Crippen LogP contribution in [0.25, 0.3) is 16.9 Å². The Kier molecular flexibility index (Phi) is 4.67. The molecule has 0 saturated carbocycles. The molecule has 2 aromatic carbocycles. The van der Waals surface area contributed by atoms with Crippen molar-refractivity contribution in [2.24, 2.45) is 0 Å². The van der Waals surface area contributed by atoms with Gasteiger partial charge < -0.3 is 4.74 Å². The largest absolute Gasteiger partial charge is 0.462 e. The van der Waals surface area contributed by atoms with Crippen molar-refractivity contribution in [3.05, 3.63) is 70.9 Å². The molecule has 0 atom stereocenters. The van der Waals surface area contributed by atoms with Gasteiger partial charge in [-0.05, 0) is 38.1 Å². The molecule has 0 bridgehead atoms. The Hall–Kier alpha value is -2.59. The maximum atomic E-state index is 12.5. The SMILES string of the molecule is CCOC(=O)c1c(-c2ccc(Cl)cc2)nn(-c2ccccc2)c1C. The van der Waals surface area contributed by atoms with Crippen LogP contribution in [0.15, 0.2) is 54.6 Å². The van der Waals surface area contributed by atoms with Crippen LogP contribution in [0, 0.1) is 6.92 Å². The topological polar surface area (TPSA) is 44.1 Å². The van der Waals surface area contributed by atoms with Crippen molar-refractivity contribution in [1.82, 2.24) is 9.78 Å². The summed E-state index contributed by atoms with van der Waals surface area (Å²) >= 11 is 5.97. The van der Waals surface area contributed by atoms with Gasteiger partial charge in [0, 0.05) is 10.6 Å². The average molecular weight is 341 g/mol. The second-order valence-electron chi connectivity index (χ2n) is 5.28. The monoisotopic (exact) mass is 340 g/mol. The number of ether oxygens (including phenoxy) is 1. The van der Waals surface area contributed by atoms with Crippen LogP contribution >= 0.6 is 11.6 Å². The highest BCUT2D eigenvalue weighted by Gasteiger charge is 2.24. The quantitative estimate of drug-likeness (QED) is 0.648. The number of aromatic nitrogens is 2. The van der Waals surface area contributed by atoms with Crippen LogP contribution in [-0.4, -0.2) is 22.4 Å². The molecular formula is C19H17ClN2O2. The van der Waals surface area contributed by atoms with Gasteiger partial charge in [-0.3, -0.25) is 0 Å². The van der Waals surface area contributed by atoms with E-state index in [1.54, 1.807) is 23.7 Å². The maximum Gasteiger partial charge on any atom is 0.342 e. The highest BCUT2D eigenvalue weighted by Crippen LogP contribution is 2.28. The Morgan fingerprint density at radius 3 is 2.42 bits per heavy atom. The van der Waals surface area contributed by atoms with E-state index in [9.17, 15) is 4.79 Å². The van der Waals surface area contributed by atoms with E-state index in [1.165, 1.54) is 0 Å². The zero-order valence-corrected chi connectivity index (χ0v) is 14.2. The Morgan fingerprint density at radius 2 is 1.79 bits per heavy atom. The van der Waals surface area contributed by atoms with Gasteiger partial charge in [-0.1, -0.05) is 41.9 Å². The molecule has 3 rings (SSSR count). The summed E-state index contributed by atoms with van der Waals surface area (Å²) in [6.07, 6.45) is 0. The van der Waals surface area contributed by atoms with Crippen molar-refractivity contribution in [3.8, 4) is 16.9 Å². The molecule has 0 amide bonds. The van der Waals surface area contributed by atoms with Gasteiger partial charge in [-0.15, -0.1) is 0 Å². The molecule has 0 N–H and O–H groups in total. The highest BCUT2D eigenvalue weighted by atomic mass is 35.5. The standard InChI is InChI=1S/C19H17ClN2O2/c1-3-24-19(23)17-13(2)22(16-7-5-4-6-8-16)21-18(17)14-9-11-15(20)12-10-14/h4-12H,3H2,1-2H3. The lowest BCUT2D eigenvalue weighted by Gasteiger charge is -2.05. The smallest absolute Gasteiger partial charge is 0.342 e. The summed E-state index contributed by atoms with van der Waals surface area (Å²) < 4.78 is 6.99. The number of carbonyl (C=O) groups excluding carboxylic acids is 1. The first-order valence-electron chi connectivity index (χ1n) is 7.70. The van der Waals surface area contributed by atoms with E-state index in [0.29, 0.717) is 22.9 Å². The lowest BCUT2D eigenvalue weighted by Crippen LogP contribution is -2.07. The number of benzene rings is 2. The van der Waals surface area contributed by atoms with Crippen LogP contribution in [0.2, 0.25) is 5.02 Å². The van der Waals surface area contributed by atoms with Crippen LogP contribution in [-0.2, 0) is 4.74 Å². The Labute approximate surface area is 145 Å². The lowest BCUT2D eigenvalue weighted by molar-refractivity contribution is 0.0526. The molecule has 0 aliphatic carbocycles. The van der Waals surface area contributed by atoms with Crippen LogP contribution < -0.4 is 0 Å². The van der Waals surface area contributed by atoms with E-state index in [0.717, 1.165) is 16.9 Å². The van der Waals surface area contributed by atoms with Crippen molar-refractivity contribution >= 4 is 17.6 Å². The minimum atomic E-state index is -0.373. The molecule has 0 fully saturated rings. The Balaban J connectivity index is 2.19. The van der Waals surface area contributed by atoms with Crippen molar-refractivity contribution in [2.75, 3.05) is 6.61 Å². The normalized spacial score (nSPS) is 10.6. The molecule has 0 spiro atoms. The fourth-order valence-corrected chi connectivity index (χ4v) is 2.71. The van der Waals surface area contributed by atoms with E-state index < -0.39 is 0 Å². The molecule has 0 aliphatic heterocycles. The molecule has 3 aromatic rings. The molecule has 4 nitrogen and oxygen atoms in total. The minimum absolute atomic E-state index is 0.314. The lowest BCUT2D eigenvalue weighted by atomic mass is 10.1. The molecule has 0 aliphatic rings. The summed E-state index contributed by atoms with van der Waals surface area (Å²) in [7, 11) is 0. The molecule has 0 unspecified atom stereocenters. The highest BCUT2D eigenvalue weighted by molar-refractivity contribution is 6.30.